The molecule has 0 saturated heterocycles. The monoisotopic (exact) mass is 227 g/mol. The van der Waals surface area contributed by atoms with Gasteiger partial charge in [0.25, 0.3) is 0 Å². The molecule has 7 nitrogen and oxygen atoms in total. The van der Waals surface area contributed by atoms with Crippen LogP contribution in [0, 0.1) is 0 Å². The molecule has 78 valence electrons. The maximum Gasteiger partial charge on any atom is 0.335 e. The van der Waals surface area contributed by atoms with Crippen LogP contribution in [-0.2, 0) is 15.1 Å². The average molecular weight is 227 g/mol. The maximum atomic E-state index is 10.7. The molecule has 1 N–H and O–H groups in total. The number of nitrogens with zero attached hydrogens (tertiary/aromatic N) is 3. The van der Waals surface area contributed by atoms with E-state index in [-0.39, 0.29) is 22.6 Å². The van der Waals surface area contributed by atoms with Gasteiger partial charge in [0.15, 0.2) is 0 Å². The van der Waals surface area contributed by atoms with Crippen molar-refractivity contribution in [3.63, 3.8) is 0 Å². The van der Waals surface area contributed by atoms with Crippen LogP contribution in [0.25, 0.3) is 10.4 Å². The predicted octanol–water partition coefficient (Wildman–Crippen LogP) is 0.647. The summed E-state index contributed by atoms with van der Waals surface area (Å²) in [6.45, 7) is 0. The fourth-order valence-corrected chi connectivity index (χ4v) is 1.48. The molecule has 0 radical (unpaired) electrons. The summed E-state index contributed by atoms with van der Waals surface area (Å²) in [6, 6.07) is 0. The number of allylic oxidation sites excluding steroid dienone is 2. The number of aliphatic carboxylic acids is 1. The lowest BCUT2D eigenvalue weighted by Gasteiger charge is -2.07. The van der Waals surface area contributed by atoms with Gasteiger partial charge < -0.3 is 5.11 Å². The highest BCUT2D eigenvalue weighted by Gasteiger charge is 2.17. The molecule has 15 heavy (non-hydrogen) atoms. The highest BCUT2D eigenvalue weighted by Crippen LogP contribution is 2.18. The number of carboxylic acids is 1. The Balaban J connectivity index is 3.32. The van der Waals surface area contributed by atoms with Crippen LogP contribution in [0.5, 0.6) is 0 Å². The molecule has 0 heterocycles. The molecule has 8 heteroatoms. The van der Waals surface area contributed by atoms with E-state index < -0.39 is 16.3 Å². The van der Waals surface area contributed by atoms with Crippen LogP contribution in [0.3, 0.4) is 0 Å². The van der Waals surface area contributed by atoms with Crippen LogP contribution in [0.2, 0.25) is 0 Å². The molecule has 0 aliphatic heterocycles. The Bertz CT molecular complexity index is 541. The lowest BCUT2D eigenvalue weighted by Crippen LogP contribution is -2.10. The van der Waals surface area contributed by atoms with E-state index in [4.69, 9.17) is 10.6 Å². The smallest absolute Gasteiger partial charge is 0.335 e. The van der Waals surface area contributed by atoms with Gasteiger partial charge in [0.05, 0.1) is 10.4 Å². The van der Waals surface area contributed by atoms with Crippen LogP contribution >= 0.6 is 0 Å². The van der Waals surface area contributed by atoms with Crippen molar-refractivity contribution >= 4 is 21.1 Å². The quantitative estimate of drug-likeness (QED) is 0.322. The molecule has 0 aromatic heterocycles. The third-order valence-corrected chi connectivity index (χ3v) is 2.41. The third kappa shape index (κ3) is 2.46. The SMILES string of the molecule is [N-]=[N+]=NC1=C(C(=O)O)C=CC(=S(=O)=O)C1. The van der Waals surface area contributed by atoms with Crippen molar-refractivity contribution in [2.45, 2.75) is 6.42 Å². The molecule has 0 saturated carbocycles. The first-order chi connectivity index (χ1) is 7.06. The van der Waals surface area contributed by atoms with Crippen LogP contribution in [0.4, 0.5) is 0 Å². The summed E-state index contributed by atoms with van der Waals surface area (Å²) in [5.74, 6) is -1.26. The predicted molar refractivity (Wildman–Crippen MR) is 51.5 cm³/mol. The number of carbonyl (C=O) groups is 1. The van der Waals surface area contributed by atoms with Gasteiger partial charge in [-0.1, -0.05) is 5.11 Å². The Hall–Kier alpha value is -2.05. The minimum absolute atomic E-state index is 0.0117. The highest BCUT2D eigenvalue weighted by atomic mass is 32.2. The van der Waals surface area contributed by atoms with E-state index in [1.165, 1.54) is 6.08 Å². The van der Waals surface area contributed by atoms with Crippen molar-refractivity contribution in [3.05, 3.63) is 33.9 Å². The van der Waals surface area contributed by atoms with Crippen molar-refractivity contribution in [1.82, 2.24) is 0 Å². The van der Waals surface area contributed by atoms with E-state index in [0.29, 0.717) is 0 Å². The Kier molecular flexibility index (Phi) is 3.27. The number of azide groups is 1. The molecule has 1 rings (SSSR count). The zero-order chi connectivity index (χ0) is 11.4. The molecular formula is C7H5N3O4S. The van der Waals surface area contributed by atoms with Gasteiger partial charge in [0.2, 0.25) is 10.3 Å². The van der Waals surface area contributed by atoms with Gasteiger partial charge in [-0.15, -0.1) is 0 Å². The first kappa shape index (κ1) is 11.0. The normalized spacial score (nSPS) is 14.8. The summed E-state index contributed by atoms with van der Waals surface area (Å²) in [4.78, 5) is 13.1. The minimum Gasteiger partial charge on any atom is -0.478 e. The van der Waals surface area contributed by atoms with E-state index in [0.717, 1.165) is 6.08 Å². The summed E-state index contributed by atoms with van der Waals surface area (Å²) >= 11 is 0. The Morgan fingerprint density at radius 3 is 2.67 bits per heavy atom. The molecule has 0 atom stereocenters. The molecule has 0 aromatic rings. The first-order valence-corrected chi connectivity index (χ1v) is 4.78. The highest BCUT2D eigenvalue weighted by molar-refractivity contribution is 7.73. The Morgan fingerprint density at radius 1 is 1.53 bits per heavy atom. The summed E-state index contributed by atoms with van der Waals surface area (Å²) in [5.41, 5.74) is 7.89. The van der Waals surface area contributed by atoms with E-state index >= 15 is 0 Å². The topological polar surface area (TPSA) is 120 Å². The third-order valence-electron chi connectivity index (χ3n) is 1.70. The van der Waals surface area contributed by atoms with Crippen molar-refractivity contribution in [2.24, 2.45) is 5.11 Å². The van der Waals surface area contributed by atoms with Gasteiger partial charge in [-0.05, 0) is 17.7 Å². The van der Waals surface area contributed by atoms with Gasteiger partial charge in [-0.25, -0.2) is 4.79 Å². The maximum absolute atomic E-state index is 10.7. The second kappa shape index (κ2) is 4.45. The summed E-state index contributed by atoms with van der Waals surface area (Å²) < 4.78 is 21.2. The first-order valence-electron chi connectivity index (χ1n) is 3.71. The van der Waals surface area contributed by atoms with Gasteiger partial charge in [-0.2, -0.15) is 8.42 Å². The molecule has 0 bridgehead atoms. The average Bonchev–Trinajstić information content (AvgIpc) is 2.17. The standard InChI is InChI=1S/C7H5N3O4S/c8-10-9-6-3-4(15(13)14)1-2-5(6)7(11)12/h1-2H,3H2,(H,11,12). The number of hydrogen-bond acceptors (Lipinski definition) is 4. The van der Waals surface area contributed by atoms with E-state index in [9.17, 15) is 13.2 Å². The fourth-order valence-electron chi connectivity index (χ4n) is 1.04. The molecule has 0 amide bonds. The molecule has 0 aromatic carbocycles. The lowest BCUT2D eigenvalue weighted by molar-refractivity contribution is -0.132. The van der Waals surface area contributed by atoms with Gasteiger partial charge in [-0.3, -0.25) is 0 Å². The zero-order valence-electron chi connectivity index (χ0n) is 7.28. The van der Waals surface area contributed by atoms with Crippen molar-refractivity contribution in [1.29, 1.82) is 0 Å². The number of carboxylic acid groups (broad SMARTS) is 1. The summed E-state index contributed by atoms with van der Waals surface area (Å²) in [5, 5.41) is 11.9. The van der Waals surface area contributed by atoms with Crippen LogP contribution in [-0.4, -0.2) is 24.4 Å². The second-order valence-corrected chi connectivity index (χ2v) is 3.56. The second-order valence-electron chi connectivity index (χ2n) is 2.57. The number of hydrogen-bond donors (Lipinski definition) is 1. The van der Waals surface area contributed by atoms with Crippen LogP contribution < -0.4 is 0 Å². The minimum atomic E-state index is -2.43. The Morgan fingerprint density at radius 2 is 2.20 bits per heavy atom. The Labute approximate surface area is 85.5 Å². The molecule has 0 fully saturated rings. The zero-order valence-corrected chi connectivity index (χ0v) is 8.10. The van der Waals surface area contributed by atoms with E-state index in [1.807, 2.05) is 0 Å². The molecular weight excluding hydrogens is 222 g/mol. The molecule has 1 aliphatic carbocycles. The van der Waals surface area contributed by atoms with Crippen molar-refractivity contribution in [2.75, 3.05) is 0 Å². The van der Waals surface area contributed by atoms with Gasteiger partial charge in [0, 0.05) is 17.0 Å². The molecule has 0 spiro atoms. The van der Waals surface area contributed by atoms with Crippen molar-refractivity contribution < 1.29 is 18.3 Å². The van der Waals surface area contributed by atoms with Crippen LogP contribution in [0.1, 0.15) is 6.42 Å². The van der Waals surface area contributed by atoms with E-state index in [2.05, 4.69) is 10.0 Å². The molecule has 1 aliphatic rings. The fraction of sp³-hybridized carbons (Fsp3) is 0.143. The summed E-state index contributed by atoms with van der Waals surface area (Å²) in [7, 11) is -2.43. The largest absolute Gasteiger partial charge is 0.478 e. The number of rotatable bonds is 2. The summed E-state index contributed by atoms with van der Waals surface area (Å²) in [6.07, 6.45) is 2.07. The van der Waals surface area contributed by atoms with Crippen LogP contribution in [0.15, 0.2) is 28.5 Å². The van der Waals surface area contributed by atoms with E-state index in [1.54, 1.807) is 0 Å². The molecule has 0 unspecified atom stereocenters. The van der Waals surface area contributed by atoms with Gasteiger partial charge in [0.1, 0.15) is 0 Å². The van der Waals surface area contributed by atoms with Gasteiger partial charge >= 0.3 is 5.97 Å². The lowest BCUT2D eigenvalue weighted by atomic mass is 10.0. The van der Waals surface area contributed by atoms with Crippen molar-refractivity contribution in [3.8, 4) is 0 Å².